The third-order valence-electron chi connectivity index (χ3n) is 6.42. The third-order valence-corrected chi connectivity index (χ3v) is 6.42. The molecule has 0 saturated carbocycles. The zero-order chi connectivity index (χ0) is 22.2. The second-order valence-corrected chi connectivity index (χ2v) is 8.42. The minimum absolute atomic E-state index is 0.0577. The number of rotatable bonds is 5. The average molecular weight is 431 g/mol. The lowest BCUT2D eigenvalue weighted by Crippen LogP contribution is -2.32. The van der Waals surface area contributed by atoms with Crippen molar-refractivity contribution in [1.29, 1.82) is 0 Å². The van der Waals surface area contributed by atoms with Gasteiger partial charge in [-0.2, -0.15) is 5.10 Å². The lowest BCUT2D eigenvalue weighted by molar-refractivity contribution is 0.266. The Morgan fingerprint density at radius 1 is 1.06 bits per heavy atom. The largest absolute Gasteiger partial charge is 0.394 e. The Labute approximate surface area is 187 Å². The highest BCUT2D eigenvalue weighted by Crippen LogP contribution is 2.34. The summed E-state index contributed by atoms with van der Waals surface area (Å²) in [4.78, 5) is 7.22. The lowest BCUT2D eigenvalue weighted by atomic mass is 10.0. The molecule has 0 aliphatic carbocycles. The predicted octanol–water partition coefficient (Wildman–Crippen LogP) is 5.03. The van der Waals surface area contributed by atoms with Crippen molar-refractivity contribution in [2.24, 2.45) is 0 Å². The molecule has 1 unspecified atom stereocenters. The summed E-state index contributed by atoms with van der Waals surface area (Å²) in [6.07, 6.45) is 2.95. The summed E-state index contributed by atoms with van der Waals surface area (Å²) in [6, 6.07) is 17.1. The molecule has 1 atom stereocenters. The first-order chi connectivity index (χ1) is 15.6. The van der Waals surface area contributed by atoms with E-state index in [1.165, 1.54) is 17.7 Å². The number of benzene rings is 2. The second-order valence-electron chi connectivity index (χ2n) is 8.42. The molecule has 5 nitrogen and oxygen atoms in total. The molecule has 1 N–H and O–H groups in total. The van der Waals surface area contributed by atoms with Crippen LogP contribution in [-0.4, -0.2) is 38.9 Å². The molecule has 0 amide bonds. The molecule has 4 aromatic rings. The van der Waals surface area contributed by atoms with Gasteiger partial charge in [-0.25, -0.2) is 13.9 Å². The predicted molar refractivity (Wildman–Crippen MR) is 125 cm³/mol. The molecule has 1 aliphatic heterocycles. The number of aliphatic hydroxyl groups is 1. The van der Waals surface area contributed by atoms with Crippen LogP contribution in [0.1, 0.15) is 31.0 Å². The molecule has 0 radical (unpaired) electrons. The van der Waals surface area contributed by atoms with Gasteiger partial charge < -0.3 is 10.0 Å². The number of aryl methyl sites for hydroxylation is 2. The van der Waals surface area contributed by atoms with E-state index in [9.17, 15) is 9.50 Å². The van der Waals surface area contributed by atoms with Crippen LogP contribution in [0.3, 0.4) is 0 Å². The number of nitrogens with zero attached hydrogens (tertiary/aromatic N) is 4. The fraction of sp³-hybridized carbons (Fsp3) is 0.308. The number of hydrogen-bond acceptors (Lipinski definition) is 4. The van der Waals surface area contributed by atoms with Crippen molar-refractivity contribution in [2.75, 3.05) is 18.1 Å². The molecule has 1 saturated heterocycles. The summed E-state index contributed by atoms with van der Waals surface area (Å²) in [7, 11) is 0. The van der Waals surface area contributed by atoms with E-state index in [-0.39, 0.29) is 18.5 Å². The lowest BCUT2D eigenvalue weighted by Gasteiger charge is -2.25. The Balaban J connectivity index is 1.75. The average Bonchev–Trinajstić information content (AvgIpc) is 3.42. The number of halogens is 1. The van der Waals surface area contributed by atoms with E-state index in [0.717, 1.165) is 65.4 Å². The molecule has 0 spiro atoms. The first kappa shape index (κ1) is 20.6. The SMILES string of the molecule is CCc1ccc(-c2c(C)nn3c(-c4ccc(F)cc4)cc(N4CCCC4CO)nc23)cc1. The molecule has 6 heteroatoms. The zero-order valence-electron chi connectivity index (χ0n) is 18.4. The Hall–Kier alpha value is -3.25. The van der Waals surface area contributed by atoms with Gasteiger partial charge >= 0.3 is 0 Å². The number of hydrogen-bond donors (Lipinski definition) is 1. The first-order valence-corrected chi connectivity index (χ1v) is 11.2. The van der Waals surface area contributed by atoms with E-state index < -0.39 is 0 Å². The summed E-state index contributed by atoms with van der Waals surface area (Å²) in [5.41, 5.74) is 6.74. The van der Waals surface area contributed by atoms with Gasteiger partial charge in [0, 0.05) is 23.7 Å². The first-order valence-electron chi connectivity index (χ1n) is 11.2. The number of fused-ring (bicyclic) bond motifs is 1. The van der Waals surface area contributed by atoms with Crippen LogP contribution >= 0.6 is 0 Å². The number of anilines is 1. The van der Waals surface area contributed by atoms with E-state index in [0.29, 0.717) is 0 Å². The van der Waals surface area contributed by atoms with Crippen LogP contribution in [0.5, 0.6) is 0 Å². The van der Waals surface area contributed by atoms with Crippen molar-refractivity contribution in [3.63, 3.8) is 0 Å². The maximum absolute atomic E-state index is 13.6. The maximum Gasteiger partial charge on any atom is 0.166 e. The fourth-order valence-electron chi connectivity index (χ4n) is 4.66. The van der Waals surface area contributed by atoms with Crippen LogP contribution in [0, 0.1) is 12.7 Å². The molecule has 3 heterocycles. The van der Waals surface area contributed by atoms with Gasteiger partial charge in [0.25, 0.3) is 0 Å². The monoisotopic (exact) mass is 430 g/mol. The fourth-order valence-corrected chi connectivity index (χ4v) is 4.66. The van der Waals surface area contributed by atoms with E-state index >= 15 is 0 Å². The van der Waals surface area contributed by atoms with Crippen molar-refractivity contribution in [2.45, 2.75) is 39.2 Å². The van der Waals surface area contributed by atoms with Gasteiger partial charge in [-0.15, -0.1) is 0 Å². The summed E-state index contributed by atoms with van der Waals surface area (Å²) in [5, 5.41) is 14.7. The highest BCUT2D eigenvalue weighted by atomic mass is 19.1. The van der Waals surface area contributed by atoms with Crippen LogP contribution in [-0.2, 0) is 6.42 Å². The molecule has 5 rings (SSSR count). The van der Waals surface area contributed by atoms with Gasteiger partial charge in [0.15, 0.2) is 5.65 Å². The summed E-state index contributed by atoms with van der Waals surface area (Å²) in [6.45, 7) is 5.09. The molecule has 1 aliphatic rings. The molecule has 1 fully saturated rings. The van der Waals surface area contributed by atoms with Gasteiger partial charge in [-0.3, -0.25) is 0 Å². The quantitative estimate of drug-likeness (QED) is 0.482. The van der Waals surface area contributed by atoms with Gasteiger partial charge in [0.2, 0.25) is 0 Å². The van der Waals surface area contributed by atoms with Crippen molar-refractivity contribution >= 4 is 11.5 Å². The maximum atomic E-state index is 13.6. The smallest absolute Gasteiger partial charge is 0.166 e. The number of aliphatic hydroxyl groups excluding tert-OH is 1. The van der Waals surface area contributed by atoms with Crippen LogP contribution in [0.15, 0.2) is 54.6 Å². The molecule has 164 valence electrons. The Morgan fingerprint density at radius 3 is 2.47 bits per heavy atom. The van der Waals surface area contributed by atoms with Crippen molar-refractivity contribution < 1.29 is 9.50 Å². The Kier molecular flexibility index (Phi) is 5.39. The van der Waals surface area contributed by atoms with Gasteiger partial charge in [0.05, 0.1) is 24.0 Å². The zero-order valence-corrected chi connectivity index (χ0v) is 18.4. The molecular weight excluding hydrogens is 403 g/mol. The van der Waals surface area contributed by atoms with Crippen LogP contribution in [0.25, 0.3) is 28.0 Å². The third kappa shape index (κ3) is 3.54. The standard InChI is InChI=1S/C26H27FN4O/c1-3-18-6-8-20(9-7-18)25-17(2)29-31-23(19-10-12-21(27)13-11-19)15-24(28-26(25)31)30-14-4-5-22(30)16-32/h6-13,15,22,32H,3-5,14,16H2,1-2H3. The van der Waals surface area contributed by atoms with Gasteiger partial charge in [0.1, 0.15) is 11.6 Å². The second kappa shape index (κ2) is 8.36. The minimum Gasteiger partial charge on any atom is -0.394 e. The summed E-state index contributed by atoms with van der Waals surface area (Å²) < 4.78 is 15.5. The molecule has 0 bridgehead atoms. The highest BCUT2D eigenvalue weighted by Gasteiger charge is 2.27. The van der Waals surface area contributed by atoms with E-state index in [1.54, 1.807) is 12.1 Å². The van der Waals surface area contributed by atoms with Crippen molar-refractivity contribution in [3.8, 4) is 22.4 Å². The molecule has 2 aromatic heterocycles. The van der Waals surface area contributed by atoms with Crippen LogP contribution in [0.4, 0.5) is 10.2 Å². The normalized spacial score (nSPS) is 16.2. The molecule has 2 aromatic carbocycles. The van der Waals surface area contributed by atoms with E-state index in [1.807, 2.05) is 17.5 Å². The van der Waals surface area contributed by atoms with E-state index in [2.05, 4.69) is 36.1 Å². The summed E-state index contributed by atoms with van der Waals surface area (Å²) >= 11 is 0. The highest BCUT2D eigenvalue weighted by molar-refractivity contribution is 5.83. The van der Waals surface area contributed by atoms with Crippen LogP contribution < -0.4 is 4.90 Å². The van der Waals surface area contributed by atoms with Gasteiger partial charge in [-0.05, 0) is 61.6 Å². The molecule has 32 heavy (non-hydrogen) atoms. The Bertz CT molecular complexity index is 1250. The van der Waals surface area contributed by atoms with Crippen molar-refractivity contribution in [3.05, 3.63) is 71.7 Å². The molecular formula is C26H27FN4O. The van der Waals surface area contributed by atoms with Crippen LogP contribution in [0.2, 0.25) is 0 Å². The van der Waals surface area contributed by atoms with E-state index in [4.69, 9.17) is 10.1 Å². The number of aromatic nitrogens is 3. The Morgan fingerprint density at radius 2 is 1.78 bits per heavy atom. The topological polar surface area (TPSA) is 53.7 Å². The van der Waals surface area contributed by atoms with Crippen molar-refractivity contribution in [1.82, 2.24) is 14.6 Å². The van der Waals surface area contributed by atoms with Gasteiger partial charge in [-0.1, -0.05) is 31.2 Å². The summed E-state index contributed by atoms with van der Waals surface area (Å²) in [5.74, 6) is 0.548. The minimum atomic E-state index is -0.271.